The second-order valence-electron chi connectivity index (χ2n) is 4.27. The molecule has 0 radical (unpaired) electrons. The second-order valence-corrected chi connectivity index (χ2v) is 4.27. The van der Waals surface area contributed by atoms with Crippen LogP contribution < -0.4 is 10.6 Å². The summed E-state index contributed by atoms with van der Waals surface area (Å²) in [4.78, 5) is 11.6. The zero-order valence-corrected chi connectivity index (χ0v) is 9.37. The number of piperidine rings is 1. The van der Waals surface area contributed by atoms with Crippen molar-refractivity contribution in [3.63, 3.8) is 0 Å². The van der Waals surface area contributed by atoms with Crippen LogP contribution in [0.5, 0.6) is 0 Å². The minimum Gasteiger partial charge on any atom is -0.472 e. The highest BCUT2D eigenvalue weighted by Gasteiger charge is 2.13. The van der Waals surface area contributed by atoms with Gasteiger partial charge in [-0.2, -0.15) is 0 Å². The van der Waals surface area contributed by atoms with Crippen molar-refractivity contribution in [2.45, 2.75) is 19.3 Å². The molecule has 2 N–H and O–H groups in total. The van der Waals surface area contributed by atoms with Crippen molar-refractivity contribution in [1.82, 2.24) is 10.6 Å². The molecule has 0 aliphatic carbocycles. The molecular weight excluding hydrogens is 204 g/mol. The minimum absolute atomic E-state index is 0.0440. The Labute approximate surface area is 95.4 Å². The Morgan fingerprint density at radius 2 is 2.56 bits per heavy atom. The maximum Gasteiger partial charge on any atom is 0.254 e. The van der Waals surface area contributed by atoms with E-state index >= 15 is 0 Å². The maximum atomic E-state index is 11.6. The maximum absolute atomic E-state index is 11.6. The molecule has 0 spiro atoms. The summed E-state index contributed by atoms with van der Waals surface area (Å²) in [5.41, 5.74) is 0.599. The van der Waals surface area contributed by atoms with Crippen molar-refractivity contribution in [3.8, 4) is 0 Å². The van der Waals surface area contributed by atoms with Crippen molar-refractivity contribution in [2.75, 3.05) is 19.6 Å². The predicted molar refractivity (Wildman–Crippen MR) is 61.3 cm³/mol. The lowest BCUT2D eigenvalue weighted by molar-refractivity contribution is 0.0950. The first kappa shape index (κ1) is 11.2. The van der Waals surface area contributed by atoms with E-state index in [0.29, 0.717) is 11.5 Å². The number of furan rings is 1. The zero-order valence-electron chi connectivity index (χ0n) is 9.37. The molecule has 1 fully saturated rings. The van der Waals surface area contributed by atoms with E-state index in [-0.39, 0.29) is 5.91 Å². The van der Waals surface area contributed by atoms with Gasteiger partial charge in [-0.3, -0.25) is 4.79 Å². The quantitative estimate of drug-likeness (QED) is 0.809. The highest BCUT2D eigenvalue weighted by molar-refractivity contribution is 5.93. The summed E-state index contributed by atoms with van der Waals surface area (Å²) in [5, 5.41) is 6.28. The van der Waals surface area contributed by atoms with Crippen molar-refractivity contribution in [2.24, 2.45) is 5.92 Å². The standard InChI is InChI=1S/C12H18N2O2/c15-12(11-4-7-16-9-11)14-6-3-10-2-1-5-13-8-10/h4,7,9-10,13H,1-3,5-6,8H2,(H,14,15). The fraction of sp³-hybridized carbons (Fsp3) is 0.583. The van der Waals surface area contributed by atoms with Crippen LogP contribution in [0.25, 0.3) is 0 Å². The highest BCUT2D eigenvalue weighted by atomic mass is 16.3. The lowest BCUT2D eigenvalue weighted by atomic mass is 9.96. The van der Waals surface area contributed by atoms with Gasteiger partial charge in [-0.25, -0.2) is 0 Å². The molecule has 1 saturated heterocycles. The molecule has 0 aromatic carbocycles. The summed E-state index contributed by atoms with van der Waals surface area (Å²) in [6, 6.07) is 1.68. The lowest BCUT2D eigenvalue weighted by Crippen LogP contribution is -2.33. The van der Waals surface area contributed by atoms with Crippen molar-refractivity contribution >= 4 is 5.91 Å². The van der Waals surface area contributed by atoms with Gasteiger partial charge in [0.05, 0.1) is 11.8 Å². The van der Waals surface area contributed by atoms with Crippen LogP contribution in [0.4, 0.5) is 0 Å². The van der Waals surface area contributed by atoms with E-state index in [1.165, 1.54) is 25.4 Å². The van der Waals surface area contributed by atoms with Gasteiger partial charge >= 0.3 is 0 Å². The molecule has 1 amide bonds. The van der Waals surface area contributed by atoms with Gasteiger partial charge in [0.1, 0.15) is 6.26 Å². The Hall–Kier alpha value is -1.29. The number of rotatable bonds is 4. The smallest absolute Gasteiger partial charge is 0.254 e. The van der Waals surface area contributed by atoms with Crippen LogP contribution in [0.15, 0.2) is 23.0 Å². The Balaban J connectivity index is 1.66. The van der Waals surface area contributed by atoms with Gasteiger partial charge in [0, 0.05) is 6.54 Å². The minimum atomic E-state index is -0.0440. The van der Waals surface area contributed by atoms with E-state index in [9.17, 15) is 4.79 Å². The van der Waals surface area contributed by atoms with Gasteiger partial charge < -0.3 is 15.1 Å². The van der Waals surface area contributed by atoms with Crippen LogP contribution in [-0.4, -0.2) is 25.5 Å². The molecule has 1 atom stereocenters. The molecule has 1 aromatic rings. The van der Waals surface area contributed by atoms with Crippen molar-refractivity contribution < 1.29 is 9.21 Å². The van der Waals surface area contributed by atoms with Crippen LogP contribution in [0, 0.1) is 5.92 Å². The van der Waals surface area contributed by atoms with Crippen molar-refractivity contribution in [1.29, 1.82) is 0 Å². The molecule has 2 rings (SSSR count). The Morgan fingerprint density at radius 3 is 3.25 bits per heavy atom. The van der Waals surface area contributed by atoms with E-state index < -0.39 is 0 Å². The van der Waals surface area contributed by atoms with Gasteiger partial charge in [-0.05, 0) is 44.3 Å². The van der Waals surface area contributed by atoms with Crippen molar-refractivity contribution in [3.05, 3.63) is 24.2 Å². The summed E-state index contributed by atoms with van der Waals surface area (Å²) < 4.78 is 4.86. The molecule has 1 unspecified atom stereocenters. The van der Waals surface area contributed by atoms with Crippen LogP contribution in [0.2, 0.25) is 0 Å². The summed E-state index contributed by atoms with van der Waals surface area (Å²) in [6.07, 6.45) is 6.56. The number of carbonyl (C=O) groups is 1. The number of hydrogen-bond donors (Lipinski definition) is 2. The highest BCUT2D eigenvalue weighted by Crippen LogP contribution is 2.12. The molecule has 2 heterocycles. The van der Waals surface area contributed by atoms with E-state index in [1.807, 2.05) is 0 Å². The number of nitrogens with one attached hydrogen (secondary N) is 2. The van der Waals surface area contributed by atoms with Crippen LogP contribution in [-0.2, 0) is 0 Å². The average molecular weight is 222 g/mol. The Morgan fingerprint density at radius 1 is 1.62 bits per heavy atom. The van der Waals surface area contributed by atoms with E-state index in [2.05, 4.69) is 10.6 Å². The fourth-order valence-electron chi connectivity index (χ4n) is 2.06. The van der Waals surface area contributed by atoms with E-state index in [4.69, 9.17) is 4.42 Å². The third-order valence-electron chi connectivity index (χ3n) is 3.02. The summed E-state index contributed by atoms with van der Waals surface area (Å²) >= 11 is 0. The van der Waals surface area contributed by atoms with Gasteiger partial charge in [0.2, 0.25) is 0 Å². The SMILES string of the molecule is O=C(NCCC1CCCNC1)c1ccoc1. The van der Waals surface area contributed by atoms with Crippen LogP contribution in [0.1, 0.15) is 29.6 Å². The number of hydrogen-bond acceptors (Lipinski definition) is 3. The molecule has 4 heteroatoms. The lowest BCUT2D eigenvalue weighted by Gasteiger charge is -2.22. The number of carbonyl (C=O) groups excluding carboxylic acids is 1. The van der Waals surface area contributed by atoms with Crippen LogP contribution in [0.3, 0.4) is 0 Å². The summed E-state index contributed by atoms with van der Waals surface area (Å²) in [7, 11) is 0. The number of amides is 1. The van der Waals surface area contributed by atoms with Gasteiger partial charge in [-0.1, -0.05) is 0 Å². The Bertz CT molecular complexity index is 316. The van der Waals surface area contributed by atoms with Crippen LogP contribution >= 0.6 is 0 Å². The summed E-state index contributed by atoms with van der Waals surface area (Å²) in [5.74, 6) is 0.663. The third kappa shape index (κ3) is 3.10. The average Bonchev–Trinajstić information content (AvgIpc) is 2.84. The molecule has 1 aromatic heterocycles. The normalized spacial score (nSPS) is 20.6. The van der Waals surface area contributed by atoms with Gasteiger partial charge in [-0.15, -0.1) is 0 Å². The predicted octanol–water partition coefficient (Wildman–Crippen LogP) is 1.40. The molecular formula is C12H18N2O2. The molecule has 16 heavy (non-hydrogen) atoms. The van der Waals surface area contributed by atoms with Gasteiger partial charge in [0.25, 0.3) is 5.91 Å². The summed E-state index contributed by atoms with van der Waals surface area (Å²) in [6.45, 7) is 2.97. The second kappa shape index (κ2) is 5.70. The molecule has 1 aliphatic rings. The molecule has 88 valence electrons. The molecule has 0 bridgehead atoms. The third-order valence-corrected chi connectivity index (χ3v) is 3.02. The molecule has 4 nitrogen and oxygen atoms in total. The molecule has 1 aliphatic heterocycles. The first-order chi connectivity index (χ1) is 7.86. The first-order valence-electron chi connectivity index (χ1n) is 5.87. The first-order valence-corrected chi connectivity index (χ1v) is 5.87. The molecule has 0 saturated carbocycles. The largest absolute Gasteiger partial charge is 0.472 e. The topological polar surface area (TPSA) is 54.3 Å². The zero-order chi connectivity index (χ0) is 11.2. The van der Waals surface area contributed by atoms with E-state index in [0.717, 1.165) is 26.1 Å². The van der Waals surface area contributed by atoms with E-state index in [1.54, 1.807) is 6.07 Å². The fourth-order valence-corrected chi connectivity index (χ4v) is 2.06. The van der Waals surface area contributed by atoms with Gasteiger partial charge in [0.15, 0.2) is 0 Å². The Kier molecular flexibility index (Phi) is 3.99. The monoisotopic (exact) mass is 222 g/mol.